The van der Waals surface area contributed by atoms with Crippen molar-refractivity contribution in [2.24, 2.45) is 0 Å². The van der Waals surface area contributed by atoms with E-state index in [4.69, 9.17) is 0 Å². The summed E-state index contributed by atoms with van der Waals surface area (Å²) in [6.45, 7) is 2.71. The Balaban J connectivity index is 1.94. The van der Waals surface area contributed by atoms with Gasteiger partial charge in [0, 0.05) is 23.7 Å². The van der Waals surface area contributed by atoms with E-state index in [0.29, 0.717) is 24.1 Å². The highest BCUT2D eigenvalue weighted by atomic mass is 32.2. The zero-order valence-corrected chi connectivity index (χ0v) is 14.7. The Morgan fingerprint density at radius 3 is 2.50 bits per heavy atom. The van der Waals surface area contributed by atoms with Gasteiger partial charge in [-0.1, -0.05) is 25.8 Å². The van der Waals surface area contributed by atoms with Crippen molar-refractivity contribution in [3.8, 4) is 0 Å². The van der Waals surface area contributed by atoms with Crippen molar-refractivity contribution in [1.29, 1.82) is 0 Å². The van der Waals surface area contributed by atoms with E-state index in [9.17, 15) is 18.0 Å². The molecule has 1 saturated heterocycles. The first kappa shape index (κ1) is 18.4. The van der Waals surface area contributed by atoms with Crippen molar-refractivity contribution in [2.45, 2.75) is 38.6 Å². The molecule has 1 aromatic carbocycles. The van der Waals surface area contributed by atoms with Crippen LogP contribution in [0.1, 0.15) is 53.3 Å². The van der Waals surface area contributed by atoms with E-state index in [0.717, 1.165) is 19.3 Å². The summed E-state index contributed by atoms with van der Waals surface area (Å²) in [5.74, 6) is -0.462. The molecule has 0 aliphatic carbocycles. The number of rotatable bonds is 7. The Morgan fingerprint density at radius 1 is 1.17 bits per heavy atom. The van der Waals surface area contributed by atoms with Crippen molar-refractivity contribution >= 4 is 21.7 Å². The Kier molecular flexibility index (Phi) is 6.36. The van der Waals surface area contributed by atoms with Gasteiger partial charge in [-0.25, -0.2) is 8.42 Å². The highest BCUT2D eigenvalue weighted by Gasteiger charge is 2.29. The van der Waals surface area contributed by atoms with Gasteiger partial charge < -0.3 is 10.6 Å². The smallest absolute Gasteiger partial charge is 0.251 e. The predicted molar refractivity (Wildman–Crippen MR) is 92.8 cm³/mol. The lowest BCUT2D eigenvalue weighted by Gasteiger charge is -2.11. The third-order valence-corrected chi connectivity index (χ3v) is 5.79. The van der Waals surface area contributed by atoms with Gasteiger partial charge in [0.1, 0.15) is 0 Å². The van der Waals surface area contributed by atoms with Crippen molar-refractivity contribution in [1.82, 2.24) is 10.6 Å². The Hall–Kier alpha value is -1.89. The molecule has 1 heterocycles. The summed E-state index contributed by atoms with van der Waals surface area (Å²) < 4.78 is 22.9. The molecule has 2 rings (SSSR count). The van der Waals surface area contributed by atoms with Crippen LogP contribution in [0.25, 0.3) is 0 Å². The number of nitrogens with one attached hydrogen (secondary N) is 2. The maximum atomic E-state index is 12.2. The molecule has 1 aromatic rings. The predicted octanol–water partition coefficient (Wildman–Crippen LogP) is 1.52. The molecule has 1 unspecified atom stereocenters. The minimum Gasteiger partial charge on any atom is -0.352 e. The van der Waals surface area contributed by atoms with Crippen LogP contribution in [-0.4, -0.2) is 44.3 Å². The zero-order chi connectivity index (χ0) is 17.6. The highest BCUT2D eigenvalue weighted by molar-refractivity contribution is 7.91. The van der Waals surface area contributed by atoms with Crippen LogP contribution in [0.2, 0.25) is 0 Å². The summed E-state index contributed by atoms with van der Waals surface area (Å²) in [5.41, 5.74) is 0.790. The van der Waals surface area contributed by atoms with Crippen LogP contribution >= 0.6 is 0 Å². The fourth-order valence-electron chi connectivity index (χ4n) is 2.66. The van der Waals surface area contributed by atoms with Gasteiger partial charge in [-0.15, -0.1) is 0 Å². The van der Waals surface area contributed by atoms with Gasteiger partial charge in [0.25, 0.3) is 11.8 Å². The maximum absolute atomic E-state index is 12.2. The summed E-state index contributed by atoms with van der Waals surface area (Å²) >= 11 is 0. The van der Waals surface area contributed by atoms with Crippen molar-refractivity contribution in [3.05, 3.63) is 35.4 Å². The lowest BCUT2D eigenvalue weighted by atomic mass is 10.1. The maximum Gasteiger partial charge on any atom is 0.251 e. The summed E-state index contributed by atoms with van der Waals surface area (Å²) in [7, 11) is -3.04. The molecular formula is C17H24N2O4S. The minimum atomic E-state index is -3.04. The third-order valence-electron chi connectivity index (χ3n) is 4.02. The SMILES string of the molecule is CCCCCNC(=O)c1cccc(C(=O)NC2CCS(=O)(=O)C2)c1. The molecule has 2 amide bonds. The first-order chi connectivity index (χ1) is 11.4. The van der Waals surface area contributed by atoms with Crippen LogP contribution in [0.4, 0.5) is 0 Å². The number of sulfone groups is 1. The van der Waals surface area contributed by atoms with Gasteiger partial charge in [0.2, 0.25) is 0 Å². The molecule has 2 N–H and O–H groups in total. The molecule has 7 heteroatoms. The van der Waals surface area contributed by atoms with Gasteiger partial charge >= 0.3 is 0 Å². The molecule has 24 heavy (non-hydrogen) atoms. The molecule has 1 aliphatic rings. The van der Waals surface area contributed by atoms with E-state index in [1.807, 2.05) is 0 Å². The van der Waals surface area contributed by atoms with E-state index < -0.39 is 9.84 Å². The largest absolute Gasteiger partial charge is 0.352 e. The molecule has 0 spiro atoms. The molecule has 0 bridgehead atoms. The van der Waals surface area contributed by atoms with E-state index in [2.05, 4.69) is 17.6 Å². The van der Waals surface area contributed by atoms with Crippen molar-refractivity contribution in [2.75, 3.05) is 18.1 Å². The lowest BCUT2D eigenvalue weighted by molar-refractivity contribution is 0.0941. The van der Waals surface area contributed by atoms with Gasteiger partial charge in [-0.3, -0.25) is 9.59 Å². The summed E-state index contributed by atoms with van der Waals surface area (Å²) in [4.78, 5) is 24.3. The average Bonchev–Trinajstić information content (AvgIpc) is 2.90. The van der Waals surface area contributed by atoms with Crippen LogP contribution < -0.4 is 10.6 Å². The van der Waals surface area contributed by atoms with Crippen molar-refractivity contribution in [3.63, 3.8) is 0 Å². The molecule has 1 aliphatic heterocycles. The highest BCUT2D eigenvalue weighted by Crippen LogP contribution is 2.13. The number of unbranched alkanes of at least 4 members (excludes halogenated alkanes) is 2. The average molecular weight is 352 g/mol. The lowest BCUT2D eigenvalue weighted by Crippen LogP contribution is -2.35. The Bertz CT molecular complexity index is 700. The van der Waals surface area contributed by atoms with Gasteiger partial charge in [0.05, 0.1) is 11.5 Å². The van der Waals surface area contributed by atoms with Gasteiger partial charge in [-0.2, -0.15) is 0 Å². The molecular weight excluding hydrogens is 328 g/mol. The first-order valence-electron chi connectivity index (χ1n) is 8.31. The monoisotopic (exact) mass is 352 g/mol. The molecule has 0 saturated carbocycles. The summed E-state index contributed by atoms with van der Waals surface area (Å²) in [5, 5.41) is 5.56. The Labute approximate surface area is 142 Å². The number of benzene rings is 1. The minimum absolute atomic E-state index is 0.0175. The summed E-state index contributed by atoms with van der Waals surface area (Å²) in [6, 6.07) is 6.11. The fourth-order valence-corrected chi connectivity index (χ4v) is 4.33. The van der Waals surface area contributed by atoms with Crippen LogP contribution in [0.3, 0.4) is 0 Å². The van der Waals surface area contributed by atoms with E-state index >= 15 is 0 Å². The fraction of sp³-hybridized carbons (Fsp3) is 0.529. The molecule has 1 fully saturated rings. The molecule has 132 valence electrons. The Morgan fingerprint density at radius 2 is 1.88 bits per heavy atom. The molecule has 6 nitrogen and oxygen atoms in total. The second-order valence-corrected chi connectivity index (χ2v) is 8.35. The summed E-state index contributed by atoms with van der Waals surface area (Å²) in [6.07, 6.45) is 3.51. The first-order valence-corrected chi connectivity index (χ1v) is 10.1. The number of carbonyl (C=O) groups excluding carboxylic acids is 2. The number of hydrogen-bond donors (Lipinski definition) is 2. The van der Waals surface area contributed by atoms with E-state index in [-0.39, 0.29) is 29.4 Å². The standard InChI is InChI=1S/C17H24N2O4S/c1-2-3-4-9-18-16(20)13-6-5-7-14(11-13)17(21)19-15-8-10-24(22,23)12-15/h5-7,11,15H,2-4,8-10,12H2,1H3,(H,18,20)(H,19,21). The van der Waals surface area contributed by atoms with Crippen LogP contribution in [0, 0.1) is 0 Å². The van der Waals surface area contributed by atoms with Crippen LogP contribution in [0.5, 0.6) is 0 Å². The van der Waals surface area contributed by atoms with Crippen LogP contribution in [0.15, 0.2) is 24.3 Å². The zero-order valence-electron chi connectivity index (χ0n) is 13.9. The van der Waals surface area contributed by atoms with Gasteiger partial charge in [-0.05, 0) is 31.0 Å². The van der Waals surface area contributed by atoms with E-state index in [1.165, 1.54) is 6.07 Å². The van der Waals surface area contributed by atoms with Crippen molar-refractivity contribution < 1.29 is 18.0 Å². The molecule has 1 atom stereocenters. The third kappa shape index (κ3) is 5.33. The second-order valence-electron chi connectivity index (χ2n) is 6.12. The number of amides is 2. The van der Waals surface area contributed by atoms with Gasteiger partial charge in [0.15, 0.2) is 9.84 Å². The normalized spacial score (nSPS) is 19.0. The molecule has 0 aromatic heterocycles. The quantitative estimate of drug-likeness (QED) is 0.728. The topological polar surface area (TPSA) is 92.3 Å². The van der Waals surface area contributed by atoms with Crippen LogP contribution in [-0.2, 0) is 9.84 Å². The number of carbonyl (C=O) groups is 2. The van der Waals surface area contributed by atoms with E-state index in [1.54, 1.807) is 18.2 Å². The second kappa shape index (κ2) is 8.28. The molecule has 0 radical (unpaired) electrons. The number of hydrogen-bond acceptors (Lipinski definition) is 4.